The molecule has 0 saturated heterocycles. The minimum absolute atomic E-state index is 0.0418. The number of carbonyl (C=O) groups is 2. The van der Waals surface area contributed by atoms with Crippen molar-refractivity contribution >= 4 is 11.8 Å². The Labute approximate surface area is 95.2 Å². The van der Waals surface area contributed by atoms with Crippen LogP contribution in [0, 0.1) is 11.3 Å². The van der Waals surface area contributed by atoms with Crippen LogP contribution in [0.2, 0.25) is 0 Å². The van der Waals surface area contributed by atoms with Crippen LogP contribution in [-0.4, -0.2) is 24.4 Å². The van der Waals surface area contributed by atoms with Crippen LogP contribution >= 0.6 is 0 Å². The fourth-order valence-corrected chi connectivity index (χ4v) is 1.45. The van der Waals surface area contributed by atoms with E-state index in [4.69, 9.17) is 11.5 Å². The van der Waals surface area contributed by atoms with Gasteiger partial charge >= 0.3 is 0 Å². The Bertz CT molecular complexity index is 323. The summed E-state index contributed by atoms with van der Waals surface area (Å²) in [5.41, 5.74) is 10.1. The first-order valence-corrected chi connectivity index (χ1v) is 5.34. The molecule has 1 rings (SSSR count). The zero-order valence-electron chi connectivity index (χ0n) is 9.69. The molecule has 0 aromatic carbocycles. The Morgan fingerprint density at radius 1 is 1.44 bits per heavy atom. The van der Waals surface area contributed by atoms with Gasteiger partial charge in [-0.05, 0) is 20.3 Å². The number of hydrogen-bond acceptors (Lipinski definition) is 3. The standard InChI is InChI=1S/C11H19N3O2/c1-11(2,10(13)16)6-14-9(15)7-3-4-8(12)5-7/h3-4,7-8H,5-6,12H2,1-2H3,(H2,13,16)(H,14,15). The van der Waals surface area contributed by atoms with Crippen LogP contribution in [0.25, 0.3) is 0 Å². The van der Waals surface area contributed by atoms with Gasteiger partial charge in [0, 0.05) is 12.6 Å². The minimum Gasteiger partial charge on any atom is -0.369 e. The van der Waals surface area contributed by atoms with Gasteiger partial charge in [0.25, 0.3) is 0 Å². The van der Waals surface area contributed by atoms with Crippen LogP contribution in [0.4, 0.5) is 0 Å². The van der Waals surface area contributed by atoms with Crippen molar-refractivity contribution in [3.05, 3.63) is 12.2 Å². The second-order valence-corrected chi connectivity index (χ2v) is 4.86. The van der Waals surface area contributed by atoms with Gasteiger partial charge in [-0.3, -0.25) is 9.59 Å². The monoisotopic (exact) mass is 225 g/mol. The molecule has 1 aliphatic carbocycles. The summed E-state index contributed by atoms with van der Waals surface area (Å²) in [7, 11) is 0. The fraction of sp³-hybridized carbons (Fsp3) is 0.636. The molecule has 16 heavy (non-hydrogen) atoms. The Morgan fingerprint density at radius 2 is 2.06 bits per heavy atom. The van der Waals surface area contributed by atoms with E-state index in [1.165, 1.54) is 0 Å². The summed E-state index contributed by atoms with van der Waals surface area (Å²) in [4.78, 5) is 22.7. The summed E-state index contributed by atoms with van der Waals surface area (Å²) in [5.74, 6) is -0.705. The highest BCUT2D eigenvalue weighted by atomic mass is 16.2. The lowest BCUT2D eigenvalue weighted by molar-refractivity contribution is -0.127. The summed E-state index contributed by atoms with van der Waals surface area (Å²) in [6, 6.07) is -0.0418. The SMILES string of the molecule is CC(C)(CNC(=O)C1C=CC(N)C1)C(N)=O. The molecule has 0 aromatic rings. The van der Waals surface area contributed by atoms with E-state index in [-0.39, 0.29) is 24.4 Å². The molecule has 0 aliphatic heterocycles. The van der Waals surface area contributed by atoms with Crippen molar-refractivity contribution in [1.29, 1.82) is 0 Å². The number of amides is 2. The van der Waals surface area contributed by atoms with Gasteiger partial charge in [0.15, 0.2) is 0 Å². The van der Waals surface area contributed by atoms with Crippen molar-refractivity contribution in [2.45, 2.75) is 26.3 Å². The number of carbonyl (C=O) groups excluding carboxylic acids is 2. The van der Waals surface area contributed by atoms with Crippen molar-refractivity contribution in [3.63, 3.8) is 0 Å². The van der Waals surface area contributed by atoms with E-state index >= 15 is 0 Å². The lowest BCUT2D eigenvalue weighted by atomic mass is 9.92. The average molecular weight is 225 g/mol. The lowest BCUT2D eigenvalue weighted by Gasteiger charge is -2.21. The van der Waals surface area contributed by atoms with Crippen molar-refractivity contribution < 1.29 is 9.59 Å². The summed E-state index contributed by atoms with van der Waals surface area (Å²) < 4.78 is 0. The fourth-order valence-electron chi connectivity index (χ4n) is 1.45. The number of nitrogens with two attached hydrogens (primary N) is 2. The lowest BCUT2D eigenvalue weighted by Crippen LogP contribution is -2.43. The van der Waals surface area contributed by atoms with Crippen molar-refractivity contribution in [2.24, 2.45) is 22.8 Å². The maximum absolute atomic E-state index is 11.7. The molecule has 5 nitrogen and oxygen atoms in total. The first kappa shape index (κ1) is 12.7. The van der Waals surface area contributed by atoms with Crippen molar-refractivity contribution in [2.75, 3.05) is 6.54 Å². The van der Waals surface area contributed by atoms with Crippen LogP contribution in [0.15, 0.2) is 12.2 Å². The molecule has 0 saturated carbocycles. The van der Waals surface area contributed by atoms with Crippen LogP contribution < -0.4 is 16.8 Å². The van der Waals surface area contributed by atoms with E-state index < -0.39 is 11.3 Å². The molecule has 0 fully saturated rings. The zero-order valence-corrected chi connectivity index (χ0v) is 9.69. The molecule has 1 aliphatic rings. The quantitative estimate of drug-likeness (QED) is 0.563. The molecular formula is C11H19N3O2. The molecule has 5 heteroatoms. The molecule has 0 heterocycles. The highest BCUT2D eigenvalue weighted by Gasteiger charge is 2.28. The Kier molecular flexibility index (Phi) is 3.70. The molecule has 5 N–H and O–H groups in total. The van der Waals surface area contributed by atoms with Gasteiger partial charge in [-0.2, -0.15) is 0 Å². The molecule has 0 bridgehead atoms. The topological polar surface area (TPSA) is 98.2 Å². The predicted molar refractivity (Wildman–Crippen MR) is 61.2 cm³/mol. The molecule has 0 radical (unpaired) electrons. The normalized spacial score (nSPS) is 24.4. The van der Waals surface area contributed by atoms with E-state index in [2.05, 4.69) is 5.32 Å². The Morgan fingerprint density at radius 3 is 2.50 bits per heavy atom. The predicted octanol–water partition coefficient (Wildman–Crippen LogP) is -0.482. The number of rotatable bonds is 4. The highest BCUT2D eigenvalue weighted by molar-refractivity contribution is 5.83. The van der Waals surface area contributed by atoms with Gasteiger partial charge in [-0.25, -0.2) is 0 Å². The molecule has 2 unspecified atom stereocenters. The summed E-state index contributed by atoms with van der Waals surface area (Å²) in [6.45, 7) is 3.65. The third kappa shape index (κ3) is 3.06. The van der Waals surface area contributed by atoms with Gasteiger partial charge in [0.1, 0.15) is 0 Å². The smallest absolute Gasteiger partial charge is 0.227 e. The number of hydrogen-bond donors (Lipinski definition) is 3. The third-order valence-corrected chi connectivity index (χ3v) is 2.83. The summed E-state index contributed by atoms with van der Waals surface area (Å²) >= 11 is 0. The van der Waals surface area contributed by atoms with E-state index in [0.29, 0.717) is 6.42 Å². The van der Waals surface area contributed by atoms with Crippen molar-refractivity contribution in [3.8, 4) is 0 Å². The molecular weight excluding hydrogens is 206 g/mol. The van der Waals surface area contributed by atoms with E-state index in [1.807, 2.05) is 6.08 Å². The first-order chi connectivity index (χ1) is 7.33. The van der Waals surface area contributed by atoms with Gasteiger partial charge in [0.05, 0.1) is 11.3 Å². The molecule has 2 amide bonds. The van der Waals surface area contributed by atoms with Crippen LogP contribution in [0.1, 0.15) is 20.3 Å². The Hall–Kier alpha value is -1.36. The zero-order chi connectivity index (χ0) is 12.3. The maximum Gasteiger partial charge on any atom is 0.227 e. The summed E-state index contributed by atoms with van der Waals surface area (Å²) in [5, 5.41) is 2.72. The number of primary amides is 1. The van der Waals surface area contributed by atoms with Crippen LogP contribution in [0.3, 0.4) is 0 Å². The maximum atomic E-state index is 11.7. The average Bonchev–Trinajstić information content (AvgIpc) is 2.61. The van der Waals surface area contributed by atoms with Gasteiger partial charge in [-0.15, -0.1) is 0 Å². The minimum atomic E-state index is -0.722. The first-order valence-electron chi connectivity index (χ1n) is 5.34. The highest BCUT2D eigenvalue weighted by Crippen LogP contribution is 2.17. The van der Waals surface area contributed by atoms with Crippen LogP contribution in [-0.2, 0) is 9.59 Å². The molecule has 0 spiro atoms. The van der Waals surface area contributed by atoms with E-state index in [9.17, 15) is 9.59 Å². The second kappa shape index (κ2) is 4.65. The molecule has 0 aromatic heterocycles. The number of nitrogens with one attached hydrogen (secondary N) is 1. The summed E-state index contributed by atoms with van der Waals surface area (Å²) in [6.07, 6.45) is 4.25. The van der Waals surface area contributed by atoms with Crippen molar-refractivity contribution in [1.82, 2.24) is 5.32 Å². The molecule has 2 atom stereocenters. The largest absolute Gasteiger partial charge is 0.369 e. The van der Waals surface area contributed by atoms with E-state index in [1.54, 1.807) is 19.9 Å². The van der Waals surface area contributed by atoms with Crippen LogP contribution in [0.5, 0.6) is 0 Å². The molecule has 90 valence electrons. The van der Waals surface area contributed by atoms with Gasteiger partial charge in [0.2, 0.25) is 11.8 Å². The van der Waals surface area contributed by atoms with Gasteiger partial charge < -0.3 is 16.8 Å². The Balaban J connectivity index is 2.42. The van der Waals surface area contributed by atoms with E-state index in [0.717, 1.165) is 0 Å². The van der Waals surface area contributed by atoms with Gasteiger partial charge in [-0.1, -0.05) is 12.2 Å². The second-order valence-electron chi connectivity index (χ2n) is 4.86. The third-order valence-electron chi connectivity index (χ3n) is 2.83.